The molecule has 1 unspecified atom stereocenters. The molecule has 15 heavy (non-hydrogen) atoms. The lowest BCUT2D eigenvalue weighted by atomic mass is 9.92. The largest absolute Gasteiger partial charge is 0.312 e. The van der Waals surface area contributed by atoms with Crippen LogP contribution >= 0.6 is 0 Å². The van der Waals surface area contributed by atoms with Gasteiger partial charge < -0.3 is 5.32 Å². The van der Waals surface area contributed by atoms with E-state index in [0.717, 1.165) is 0 Å². The highest BCUT2D eigenvalue weighted by atomic mass is 15.0. The van der Waals surface area contributed by atoms with Gasteiger partial charge in [0.15, 0.2) is 0 Å². The molecule has 1 aliphatic heterocycles. The summed E-state index contributed by atoms with van der Waals surface area (Å²) >= 11 is 0. The van der Waals surface area contributed by atoms with E-state index < -0.39 is 0 Å². The fourth-order valence-electron chi connectivity index (χ4n) is 2.35. The number of benzene rings is 1. The predicted molar refractivity (Wildman–Crippen MR) is 65.1 cm³/mol. The zero-order valence-corrected chi connectivity index (χ0v) is 9.84. The van der Waals surface area contributed by atoms with Crippen LogP contribution in [-0.2, 0) is 6.42 Å². The molecule has 0 bridgehead atoms. The van der Waals surface area contributed by atoms with Gasteiger partial charge in [0.2, 0.25) is 0 Å². The minimum Gasteiger partial charge on any atom is -0.312 e. The zero-order chi connectivity index (χ0) is 10.7. The van der Waals surface area contributed by atoms with Crippen LogP contribution in [0.3, 0.4) is 0 Å². The Labute approximate surface area is 92.9 Å². The Bertz CT molecular complexity index is 307. The van der Waals surface area contributed by atoms with E-state index in [1.165, 1.54) is 43.4 Å². The van der Waals surface area contributed by atoms with Gasteiger partial charge in [0.25, 0.3) is 0 Å². The summed E-state index contributed by atoms with van der Waals surface area (Å²) in [5.74, 6) is 0. The van der Waals surface area contributed by atoms with Gasteiger partial charge in [-0.3, -0.25) is 0 Å². The van der Waals surface area contributed by atoms with Crippen molar-refractivity contribution in [2.45, 2.75) is 45.1 Å². The first-order valence-corrected chi connectivity index (χ1v) is 5.99. The molecule has 0 aromatic heterocycles. The summed E-state index contributed by atoms with van der Waals surface area (Å²) in [7, 11) is 0. The van der Waals surface area contributed by atoms with Crippen molar-refractivity contribution in [3.05, 3.63) is 35.4 Å². The molecule has 1 aromatic rings. The van der Waals surface area contributed by atoms with Crippen LogP contribution in [0.4, 0.5) is 0 Å². The van der Waals surface area contributed by atoms with Crippen LogP contribution in [0.15, 0.2) is 24.3 Å². The highest BCUT2D eigenvalue weighted by molar-refractivity contribution is 5.21. The summed E-state index contributed by atoms with van der Waals surface area (Å²) in [6.45, 7) is 5.70. The summed E-state index contributed by atoms with van der Waals surface area (Å²) in [6, 6.07) is 8.93. The quantitative estimate of drug-likeness (QED) is 0.796. The average molecular weight is 203 g/mol. The van der Waals surface area contributed by atoms with Gasteiger partial charge in [0.05, 0.1) is 0 Å². The molecular formula is C14H21N. The van der Waals surface area contributed by atoms with Crippen molar-refractivity contribution < 1.29 is 0 Å². The first-order chi connectivity index (χ1) is 7.18. The molecule has 1 atom stereocenters. The molecule has 1 saturated heterocycles. The molecule has 0 spiro atoms. The number of hydrogen-bond acceptors (Lipinski definition) is 1. The monoisotopic (exact) mass is 203 g/mol. The SMILES string of the molecule is Cc1ccc(CCC2(C)CCCN2)cc1. The Hall–Kier alpha value is -0.820. The van der Waals surface area contributed by atoms with Crippen molar-refractivity contribution in [3.8, 4) is 0 Å². The van der Waals surface area contributed by atoms with Gasteiger partial charge in [0, 0.05) is 5.54 Å². The first-order valence-electron chi connectivity index (χ1n) is 5.99. The highest BCUT2D eigenvalue weighted by Gasteiger charge is 2.26. The van der Waals surface area contributed by atoms with Gasteiger partial charge in [-0.25, -0.2) is 0 Å². The van der Waals surface area contributed by atoms with E-state index >= 15 is 0 Å². The number of nitrogens with one attached hydrogen (secondary N) is 1. The van der Waals surface area contributed by atoms with Gasteiger partial charge in [-0.2, -0.15) is 0 Å². The molecule has 1 heteroatoms. The normalized spacial score (nSPS) is 25.7. The minimum absolute atomic E-state index is 0.394. The minimum atomic E-state index is 0.394. The van der Waals surface area contributed by atoms with Gasteiger partial charge in [-0.1, -0.05) is 29.8 Å². The Morgan fingerprint density at radius 1 is 1.27 bits per heavy atom. The van der Waals surface area contributed by atoms with Crippen LogP contribution < -0.4 is 5.32 Å². The maximum Gasteiger partial charge on any atom is 0.0157 e. The van der Waals surface area contributed by atoms with Crippen molar-refractivity contribution in [1.29, 1.82) is 0 Å². The second-order valence-electron chi connectivity index (χ2n) is 5.08. The Kier molecular flexibility index (Phi) is 3.11. The molecule has 0 saturated carbocycles. The van der Waals surface area contributed by atoms with Crippen LogP contribution in [0.1, 0.15) is 37.3 Å². The van der Waals surface area contributed by atoms with E-state index in [1.807, 2.05) is 0 Å². The van der Waals surface area contributed by atoms with Crippen LogP contribution in [0, 0.1) is 6.92 Å². The van der Waals surface area contributed by atoms with Crippen LogP contribution in [0.5, 0.6) is 0 Å². The second kappa shape index (κ2) is 4.36. The van der Waals surface area contributed by atoms with Gasteiger partial charge in [-0.05, 0) is 51.6 Å². The smallest absolute Gasteiger partial charge is 0.0157 e. The topological polar surface area (TPSA) is 12.0 Å². The molecule has 1 aliphatic rings. The van der Waals surface area contributed by atoms with Crippen LogP contribution in [0.25, 0.3) is 0 Å². The van der Waals surface area contributed by atoms with Crippen molar-refractivity contribution in [2.75, 3.05) is 6.54 Å². The molecule has 0 amide bonds. The third kappa shape index (κ3) is 2.82. The number of rotatable bonds is 3. The van der Waals surface area contributed by atoms with E-state index in [2.05, 4.69) is 43.4 Å². The van der Waals surface area contributed by atoms with Crippen LogP contribution in [-0.4, -0.2) is 12.1 Å². The van der Waals surface area contributed by atoms with Gasteiger partial charge >= 0.3 is 0 Å². The van der Waals surface area contributed by atoms with Crippen molar-refractivity contribution in [2.24, 2.45) is 0 Å². The molecular weight excluding hydrogens is 182 g/mol. The molecule has 1 aromatic carbocycles. The molecule has 1 fully saturated rings. The Morgan fingerprint density at radius 3 is 2.60 bits per heavy atom. The molecule has 1 nitrogen and oxygen atoms in total. The first kappa shape index (κ1) is 10.7. The van der Waals surface area contributed by atoms with E-state index in [-0.39, 0.29) is 0 Å². The molecule has 82 valence electrons. The third-order valence-corrected chi connectivity index (χ3v) is 3.54. The molecule has 2 rings (SSSR count). The van der Waals surface area contributed by atoms with E-state index in [9.17, 15) is 0 Å². The Balaban J connectivity index is 1.90. The lowest BCUT2D eigenvalue weighted by molar-refractivity contribution is 0.384. The number of aryl methyl sites for hydroxylation is 2. The van der Waals surface area contributed by atoms with E-state index in [4.69, 9.17) is 0 Å². The summed E-state index contributed by atoms with van der Waals surface area (Å²) in [4.78, 5) is 0. The van der Waals surface area contributed by atoms with Crippen molar-refractivity contribution >= 4 is 0 Å². The predicted octanol–water partition coefficient (Wildman–Crippen LogP) is 3.07. The van der Waals surface area contributed by atoms with Crippen LogP contribution in [0.2, 0.25) is 0 Å². The zero-order valence-electron chi connectivity index (χ0n) is 9.84. The van der Waals surface area contributed by atoms with E-state index in [0.29, 0.717) is 5.54 Å². The maximum atomic E-state index is 3.61. The number of hydrogen-bond donors (Lipinski definition) is 1. The summed E-state index contributed by atoms with van der Waals surface area (Å²) in [5, 5.41) is 3.61. The van der Waals surface area contributed by atoms with Crippen molar-refractivity contribution in [3.63, 3.8) is 0 Å². The van der Waals surface area contributed by atoms with Gasteiger partial charge in [-0.15, -0.1) is 0 Å². The van der Waals surface area contributed by atoms with Crippen molar-refractivity contribution in [1.82, 2.24) is 5.32 Å². The Morgan fingerprint density at radius 2 is 2.00 bits per heavy atom. The lowest BCUT2D eigenvalue weighted by Gasteiger charge is -2.24. The van der Waals surface area contributed by atoms with Gasteiger partial charge in [0.1, 0.15) is 0 Å². The second-order valence-corrected chi connectivity index (χ2v) is 5.08. The lowest BCUT2D eigenvalue weighted by Crippen LogP contribution is -2.36. The summed E-state index contributed by atoms with van der Waals surface area (Å²) in [6.07, 6.45) is 5.13. The average Bonchev–Trinajstić information content (AvgIpc) is 2.65. The maximum absolute atomic E-state index is 3.61. The fourth-order valence-corrected chi connectivity index (χ4v) is 2.35. The standard InChI is InChI=1S/C14H21N/c1-12-4-6-13(7-5-12)8-10-14(2)9-3-11-15-14/h4-7,15H,3,8-11H2,1-2H3. The summed E-state index contributed by atoms with van der Waals surface area (Å²) < 4.78 is 0. The highest BCUT2D eigenvalue weighted by Crippen LogP contribution is 2.24. The fraction of sp³-hybridized carbons (Fsp3) is 0.571. The summed E-state index contributed by atoms with van der Waals surface area (Å²) in [5.41, 5.74) is 3.21. The molecule has 0 aliphatic carbocycles. The van der Waals surface area contributed by atoms with E-state index in [1.54, 1.807) is 0 Å². The molecule has 0 radical (unpaired) electrons. The third-order valence-electron chi connectivity index (χ3n) is 3.54. The molecule has 1 heterocycles. The molecule has 1 N–H and O–H groups in total.